The summed E-state index contributed by atoms with van der Waals surface area (Å²) in [7, 11) is -2.73. The highest BCUT2D eigenvalue weighted by Crippen LogP contribution is 2.28. The van der Waals surface area contributed by atoms with Gasteiger partial charge in [-0.3, -0.25) is 13.9 Å². The van der Waals surface area contributed by atoms with Crippen molar-refractivity contribution in [3.05, 3.63) is 88.4 Å². The number of hydrogen-bond donors (Lipinski definition) is 1. The molecule has 1 N–H and O–H groups in total. The number of ether oxygens (including phenoxy) is 1. The van der Waals surface area contributed by atoms with E-state index in [9.17, 15) is 18.0 Å². The Morgan fingerprint density at radius 3 is 2.24 bits per heavy atom. The van der Waals surface area contributed by atoms with Gasteiger partial charge in [-0.15, -0.1) is 0 Å². The van der Waals surface area contributed by atoms with Gasteiger partial charge in [0.2, 0.25) is 11.8 Å². The molecule has 42 heavy (non-hydrogen) atoms. The van der Waals surface area contributed by atoms with Gasteiger partial charge in [-0.2, -0.15) is 0 Å². The molecule has 0 saturated heterocycles. The quantitative estimate of drug-likeness (QED) is 0.262. The van der Waals surface area contributed by atoms with E-state index < -0.39 is 28.5 Å². The molecule has 0 aromatic heterocycles. The summed E-state index contributed by atoms with van der Waals surface area (Å²) in [6, 6.07) is 18.5. The summed E-state index contributed by atoms with van der Waals surface area (Å²) in [6.07, 6.45) is 4.24. The number of benzene rings is 3. The number of carbonyl (C=O) groups excluding carboxylic acids is 2. The smallest absolute Gasteiger partial charge is 0.264 e. The van der Waals surface area contributed by atoms with E-state index in [1.54, 1.807) is 42.5 Å². The first-order valence-corrected chi connectivity index (χ1v) is 16.1. The van der Waals surface area contributed by atoms with Crippen molar-refractivity contribution in [2.24, 2.45) is 0 Å². The van der Waals surface area contributed by atoms with E-state index in [-0.39, 0.29) is 29.1 Å². The molecule has 4 rings (SSSR count). The molecule has 0 aliphatic heterocycles. The molecular formula is C31H35Cl2N3O5S. The zero-order valence-corrected chi connectivity index (χ0v) is 26.0. The lowest BCUT2D eigenvalue weighted by molar-refractivity contribution is -0.140. The first kappa shape index (κ1) is 31.7. The summed E-state index contributed by atoms with van der Waals surface area (Å²) in [5.41, 5.74) is 0.980. The van der Waals surface area contributed by atoms with Crippen LogP contribution in [0.5, 0.6) is 5.75 Å². The monoisotopic (exact) mass is 631 g/mol. The molecule has 0 spiro atoms. The topological polar surface area (TPSA) is 96.0 Å². The van der Waals surface area contributed by atoms with Gasteiger partial charge in [0.1, 0.15) is 18.3 Å². The molecule has 224 valence electrons. The molecule has 3 aromatic rings. The van der Waals surface area contributed by atoms with Crippen LogP contribution in [0.1, 0.15) is 44.6 Å². The fourth-order valence-electron chi connectivity index (χ4n) is 5.11. The fourth-order valence-corrected chi connectivity index (χ4v) is 6.82. The molecule has 1 aliphatic carbocycles. The number of nitrogens with one attached hydrogen (secondary N) is 1. The zero-order chi connectivity index (χ0) is 30.3. The lowest BCUT2D eigenvalue weighted by atomic mass is 10.1. The predicted octanol–water partition coefficient (Wildman–Crippen LogP) is 6.06. The van der Waals surface area contributed by atoms with E-state index in [1.165, 1.54) is 42.3 Å². The van der Waals surface area contributed by atoms with Crippen molar-refractivity contribution < 1.29 is 22.7 Å². The maximum Gasteiger partial charge on any atom is 0.264 e. The van der Waals surface area contributed by atoms with Crippen molar-refractivity contribution in [3.63, 3.8) is 0 Å². The summed E-state index contributed by atoms with van der Waals surface area (Å²) < 4.78 is 34.2. The van der Waals surface area contributed by atoms with Gasteiger partial charge < -0.3 is 15.0 Å². The summed E-state index contributed by atoms with van der Waals surface area (Å²) in [4.78, 5) is 29.1. The predicted molar refractivity (Wildman–Crippen MR) is 165 cm³/mol. The molecule has 3 aromatic carbocycles. The Kier molecular flexibility index (Phi) is 10.8. The second-order valence-corrected chi connectivity index (χ2v) is 13.0. The summed E-state index contributed by atoms with van der Waals surface area (Å²) in [6.45, 7) is 1.39. The van der Waals surface area contributed by atoms with Gasteiger partial charge in [0.15, 0.2) is 0 Å². The third-order valence-electron chi connectivity index (χ3n) is 7.38. The van der Waals surface area contributed by atoms with E-state index in [1.807, 2.05) is 6.92 Å². The number of nitrogens with zero attached hydrogens (tertiary/aromatic N) is 2. The SMILES string of the molecule is CCC(C(=O)NC1CCCC1)N(Cc1ccc(Cl)cc1)C(=O)CN(c1cccc(Cl)c1)S(=O)(=O)c1ccc(OC)cc1. The van der Waals surface area contributed by atoms with Gasteiger partial charge in [0.05, 0.1) is 17.7 Å². The van der Waals surface area contributed by atoms with Crippen molar-refractivity contribution >= 4 is 50.7 Å². The van der Waals surface area contributed by atoms with Gasteiger partial charge in [0.25, 0.3) is 10.0 Å². The average Bonchev–Trinajstić information content (AvgIpc) is 3.49. The molecule has 1 saturated carbocycles. The lowest BCUT2D eigenvalue weighted by Crippen LogP contribution is -2.53. The molecule has 1 aliphatic rings. The van der Waals surface area contributed by atoms with Crippen LogP contribution in [0.2, 0.25) is 10.0 Å². The Hall–Kier alpha value is -3.27. The summed E-state index contributed by atoms with van der Waals surface area (Å²) >= 11 is 12.3. The average molecular weight is 633 g/mol. The van der Waals surface area contributed by atoms with Crippen molar-refractivity contribution in [3.8, 4) is 5.75 Å². The highest BCUT2D eigenvalue weighted by molar-refractivity contribution is 7.92. The molecule has 2 amide bonds. The highest BCUT2D eigenvalue weighted by atomic mass is 35.5. The summed E-state index contributed by atoms with van der Waals surface area (Å²) in [5.74, 6) is -0.290. The minimum atomic E-state index is -4.22. The molecular weight excluding hydrogens is 597 g/mol. The second-order valence-electron chi connectivity index (χ2n) is 10.2. The van der Waals surface area contributed by atoms with Crippen LogP contribution in [0.25, 0.3) is 0 Å². The molecule has 0 heterocycles. The van der Waals surface area contributed by atoms with Gasteiger partial charge in [-0.25, -0.2) is 8.42 Å². The first-order valence-electron chi connectivity index (χ1n) is 13.9. The third kappa shape index (κ3) is 7.76. The minimum absolute atomic E-state index is 0.0219. The molecule has 1 atom stereocenters. The van der Waals surface area contributed by atoms with Crippen LogP contribution in [0, 0.1) is 0 Å². The van der Waals surface area contributed by atoms with E-state index >= 15 is 0 Å². The molecule has 1 fully saturated rings. The number of rotatable bonds is 12. The highest BCUT2D eigenvalue weighted by Gasteiger charge is 2.34. The van der Waals surface area contributed by atoms with E-state index in [0.717, 1.165) is 35.6 Å². The Labute approximate surface area is 257 Å². The number of methoxy groups -OCH3 is 1. The Morgan fingerprint density at radius 1 is 0.976 bits per heavy atom. The maximum absolute atomic E-state index is 14.2. The largest absolute Gasteiger partial charge is 0.497 e. The Balaban J connectivity index is 1.71. The maximum atomic E-state index is 14.2. The standard InChI is InChI=1S/C31H35Cl2N3O5S/c1-3-29(31(38)34-25-8-4-5-9-25)35(20-22-11-13-23(32)14-12-22)30(37)21-36(26-10-6-7-24(33)19-26)42(39,40)28-17-15-27(41-2)16-18-28/h6-7,10-19,25,29H,3-5,8-9,20-21H2,1-2H3,(H,34,38). The van der Waals surface area contributed by atoms with Crippen molar-refractivity contribution in [2.45, 2.75) is 62.6 Å². The van der Waals surface area contributed by atoms with Gasteiger partial charge in [-0.1, -0.05) is 61.2 Å². The Morgan fingerprint density at radius 2 is 1.64 bits per heavy atom. The number of carbonyl (C=O) groups is 2. The number of sulfonamides is 1. The van der Waals surface area contributed by atoms with Gasteiger partial charge >= 0.3 is 0 Å². The van der Waals surface area contributed by atoms with Crippen LogP contribution in [0.3, 0.4) is 0 Å². The number of amides is 2. The molecule has 0 radical (unpaired) electrons. The van der Waals surface area contributed by atoms with Crippen LogP contribution in [0.15, 0.2) is 77.7 Å². The number of anilines is 1. The van der Waals surface area contributed by atoms with Crippen LogP contribution in [0.4, 0.5) is 5.69 Å². The lowest BCUT2D eigenvalue weighted by Gasteiger charge is -2.33. The molecule has 11 heteroatoms. The van der Waals surface area contributed by atoms with Crippen molar-refractivity contribution in [1.82, 2.24) is 10.2 Å². The molecule has 8 nitrogen and oxygen atoms in total. The number of hydrogen-bond acceptors (Lipinski definition) is 5. The third-order valence-corrected chi connectivity index (χ3v) is 9.65. The van der Waals surface area contributed by atoms with Crippen LogP contribution < -0.4 is 14.4 Å². The van der Waals surface area contributed by atoms with Crippen LogP contribution >= 0.6 is 23.2 Å². The fraction of sp³-hybridized carbons (Fsp3) is 0.355. The second kappa shape index (κ2) is 14.3. The van der Waals surface area contributed by atoms with Crippen LogP contribution in [-0.2, 0) is 26.2 Å². The van der Waals surface area contributed by atoms with E-state index in [0.29, 0.717) is 22.2 Å². The van der Waals surface area contributed by atoms with Gasteiger partial charge in [0, 0.05) is 22.6 Å². The zero-order valence-electron chi connectivity index (χ0n) is 23.6. The molecule has 0 bridgehead atoms. The normalized spacial score (nSPS) is 14.3. The summed E-state index contributed by atoms with van der Waals surface area (Å²) in [5, 5.41) is 3.96. The van der Waals surface area contributed by atoms with E-state index in [4.69, 9.17) is 27.9 Å². The number of halogens is 2. The first-order chi connectivity index (χ1) is 20.1. The van der Waals surface area contributed by atoms with Crippen molar-refractivity contribution in [2.75, 3.05) is 18.0 Å². The van der Waals surface area contributed by atoms with Gasteiger partial charge in [-0.05, 0) is 79.4 Å². The van der Waals surface area contributed by atoms with E-state index in [2.05, 4.69) is 5.32 Å². The van der Waals surface area contributed by atoms with Crippen LogP contribution in [-0.4, -0.2) is 50.9 Å². The minimum Gasteiger partial charge on any atom is -0.497 e. The Bertz CT molecular complexity index is 1480. The molecule has 1 unspecified atom stereocenters. The van der Waals surface area contributed by atoms with Crippen molar-refractivity contribution in [1.29, 1.82) is 0 Å².